The van der Waals surface area contributed by atoms with Crippen LogP contribution in [0.2, 0.25) is 0 Å². The molecule has 0 aliphatic rings. The first-order valence-electron chi connectivity index (χ1n) is 24.9. The number of nitrogens with zero attached hydrogens (tertiary/aromatic N) is 3. The van der Waals surface area contributed by atoms with Crippen LogP contribution in [0.15, 0.2) is 258 Å². The van der Waals surface area contributed by atoms with E-state index < -0.39 is 0 Å². The lowest BCUT2D eigenvalue weighted by molar-refractivity contribution is 0.668. The molecule has 4 aromatic heterocycles. The first-order valence-corrected chi connectivity index (χ1v) is 24.9. The molecule has 0 aliphatic carbocycles. The van der Waals surface area contributed by atoms with Crippen molar-refractivity contribution in [2.75, 3.05) is 9.80 Å². The number of rotatable bonds is 7. The third kappa shape index (κ3) is 5.97. The highest BCUT2D eigenvalue weighted by atomic mass is 16.3. The molecule has 0 atom stereocenters. The molecule has 5 heteroatoms. The van der Waals surface area contributed by atoms with Crippen LogP contribution in [-0.2, 0) is 0 Å². The molecule has 0 amide bonds. The van der Waals surface area contributed by atoms with Crippen LogP contribution in [0.1, 0.15) is 0 Å². The number of hydrogen-bond donors (Lipinski definition) is 0. The Morgan fingerprint density at radius 3 is 1.21 bits per heavy atom. The van der Waals surface area contributed by atoms with E-state index in [0.29, 0.717) is 0 Å². The first-order chi connectivity index (χ1) is 36.2. The van der Waals surface area contributed by atoms with Crippen molar-refractivity contribution in [1.82, 2.24) is 4.40 Å². The average Bonchev–Trinajstić information content (AvgIpc) is 4.21. The number of para-hydroxylation sites is 6. The van der Waals surface area contributed by atoms with Gasteiger partial charge < -0.3 is 23.0 Å². The number of furan rings is 2. The second kappa shape index (κ2) is 15.3. The van der Waals surface area contributed by atoms with E-state index in [9.17, 15) is 0 Å². The van der Waals surface area contributed by atoms with Crippen LogP contribution in [0.5, 0.6) is 0 Å². The highest BCUT2D eigenvalue weighted by Crippen LogP contribution is 2.48. The van der Waals surface area contributed by atoms with E-state index in [-0.39, 0.29) is 0 Å². The summed E-state index contributed by atoms with van der Waals surface area (Å²) in [4.78, 5) is 4.66. The van der Waals surface area contributed by atoms with Gasteiger partial charge in [0.05, 0.1) is 27.9 Å². The molecule has 0 N–H and O–H groups in total. The van der Waals surface area contributed by atoms with E-state index in [0.717, 1.165) is 88.8 Å². The van der Waals surface area contributed by atoms with Crippen molar-refractivity contribution < 1.29 is 8.83 Å². The van der Waals surface area contributed by atoms with Gasteiger partial charge in [0.25, 0.3) is 0 Å². The summed E-state index contributed by atoms with van der Waals surface area (Å²) in [5.41, 5.74) is 15.7. The van der Waals surface area contributed by atoms with Gasteiger partial charge in [0.1, 0.15) is 11.2 Å². The molecule has 0 radical (unpaired) electrons. The van der Waals surface area contributed by atoms with Crippen molar-refractivity contribution in [2.45, 2.75) is 0 Å². The van der Waals surface area contributed by atoms with E-state index in [4.69, 9.17) is 8.83 Å². The van der Waals surface area contributed by atoms with Crippen LogP contribution in [0.25, 0.3) is 115 Å². The molecule has 0 bridgehead atoms. The quantitative estimate of drug-likeness (QED) is 0.160. The zero-order chi connectivity index (χ0) is 47.7. The fourth-order valence-corrected chi connectivity index (χ4v) is 11.9. The normalized spacial score (nSPS) is 12.1. The van der Waals surface area contributed by atoms with Gasteiger partial charge in [0, 0.05) is 65.8 Å². The van der Waals surface area contributed by atoms with Gasteiger partial charge in [-0.15, -0.1) is 0 Å². The van der Waals surface area contributed by atoms with Crippen LogP contribution in [-0.4, -0.2) is 4.40 Å². The maximum Gasteiger partial charge on any atom is 0.159 e. The van der Waals surface area contributed by atoms with E-state index >= 15 is 0 Å². The van der Waals surface area contributed by atoms with Crippen molar-refractivity contribution in [3.63, 3.8) is 0 Å². The topological polar surface area (TPSA) is 37.2 Å². The highest BCUT2D eigenvalue weighted by molar-refractivity contribution is 6.27. The van der Waals surface area contributed by atoms with Crippen molar-refractivity contribution in [1.29, 1.82) is 0 Å². The lowest BCUT2D eigenvalue weighted by Crippen LogP contribution is -2.10. The third-order valence-corrected chi connectivity index (χ3v) is 15.2. The minimum absolute atomic E-state index is 0.862. The molecule has 5 nitrogen and oxygen atoms in total. The maximum absolute atomic E-state index is 6.67. The third-order valence-electron chi connectivity index (χ3n) is 15.2. The van der Waals surface area contributed by atoms with E-state index in [1.165, 1.54) is 60.0 Å². The molecular weight excluding hydrogens is 891 g/mol. The highest BCUT2D eigenvalue weighted by Gasteiger charge is 2.24. The SMILES string of the molecule is c1ccc(-c2cc3c4cc5ccc(N(c6ccccc6)c6cccc7c6oc6ccccc67)cc5cc4n4c5cc6cc(N(c7ccccc7)c7cccc8c7oc7ccccc78)ccc6cc5c(c2)c34)cc1. The molecule has 0 spiro atoms. The first kappa shape index (κ1) is 39.9. The Labute approximate surface area is 418 Å². The van der Waals surface area contributed by atoms with Gasteiger partial charge in [-0.2, -0.15) is 0 Å². The summed E-state index contributed by atoms with van der Waals surface area (Å²) in [6.45, 7) is 0. The summed E-state index contributed by atoms with van der Waals surface area (Å²) < 4.78 is 15.9. The van der Waals surface area contributed by atoms with Crippen LogP contribution in [0, 0.1) is 0 Å². The van der Waals surface area contributed by atoms with Crippen molar-refractivity contribution in [3.05, 3.63) is 249 Å². The van der Waals surface area contributed by atoms with Gasteiger partial charge in [-0.1, -0.05) is 140 Å². The number of fused-ring (bicyclic) bond motifs is 14. The molecular formula is C68H41N3O2. The molecule has 0 fully saturated rings. The monoisotopic (exact) mass is 931 g/mol. The van der Waals surface area contributed by atoms with E-state index in [1.54, 1.807) is 0 Å². The second-order valence-corrected chi connectivity index (χ2v) is 19.3. The predicted molar refractivity (Wildman–Crippen MR) is 305 cm³/mol. The average molecular weight is 932 g/mol. The van der Waals surface area contributed by atoms with Gasteiger partial charge in [-0.3, -0.25) is 0 Å². The molecule has 73 heavy (non-hydrogen) atoms. The van der Waals surface area contributed by atoms with Gasteiger partial charge >= 0.3 is 0 Å². The molecule has 12 aromatic carbocycles. The summed E-state index contributed by atoms with van der Waals surface area (Å²) in [5.74, 6) is 0. The zero-order valence-corrected chi connectivity index (χ0v) is 39.3. The number of aromatic nitrogens is 1. The molecule has 0 aliphatic heterocycles. The van der Waals surface area contributed by atoms with Gasteiger partial charge in [-0.25, -0.2) is 0 Å². The summed E-state index contributed by atoms with van der Waals surface area (Å²) in [5, 5.41) is 14.0. The fraction of sp³-hybridized carbons (Fsp3) is 0. The smallest absolute Gasteiger partial charge is 0.159 e. The summed E-state index contributed by atoms with van der Waals surface area (Å²) in [7, 11) is 0. The summed E-state index contributed by atoms with van der Waals surface area (Å²) >= 11 is 0. The summed E-state index contributed by atoms with van der Waals surface area (Å²) in [6.07, 6.45) is 0. The number of hydrogen-bond acceptors (Lipinski definition) is 4. The van der Waals surface area contributed by atoms with E-state index in [1.807, 2.05) is 12.1 Å². The molecule has 16 aromatic rings. The molecule has 0 saturated carbocycles. The minimum atomic E-state index is 0.862. The second-order valence-electron chi connectivity index (χ2n) is 19.3. The maximum atomic E-state index is 6.67. The van der Waals surface area contributed by atoms with Crippen LogP contribution < -0.4 is 9.80 Å². The Morgan fingerprint density at radius 2 is 0.712 bits per heavy atom. The van der Waals surface area contributed by atoms with Crippen LogP contribution >= 0.6 is 0 Å². The Kier molecular flexibility index (Phi) is 8.39. The minimum Gasteiger partial charge on any atom is -0.454 e. The fourth-order valence-electron chi connectivity index (χ4n) is 11.9. The molecule has 0 saturated heterocycles. The number of benzene rings is 12. The molecule has 340 valence electrons. The molecule has 4 heterocycles. The predicted octanol–water partition coefficient (Wildman–Crippen LogP) is 19.5. The largest absolute Gasteiger partial charge is 0.454 e. The Hall–Kier alpha value is -9.84. The van der Waals surface area contributed by atoms with Crippen molar-refractivity contribution in [3.8, 4) is 11.1 Å². The zero-order valence-electron chi connectivity index (χ0n) is 39.3. The summed E-state index contributed by atoms with van der Waals surface area (Å²) in [6, 6.07) is 89.8. The Bertz CT molecular complexity index is 4570. The molecule has 16 rings (SSSR count). The lowest BCUT2D eigenvalue weighted by atomic mass is 9.97. The number of anilines is 6. The molecule has 0 unspecified atom stereocenters. The Morgan fingerprint density at radius 1 is 0.274 bits per heavy atom. The Balaban J connectivity index is 0.932. The van der Waals surface area contributed by atoms with Gasteiger partial charge in [-0.05, 0) is 142 Å². The lowest BCUT2D eigenvalue weighted by Gasteiger charge is -2.26. The van der Waals surface area contributed by atoms with E-state index in [2.05, 4.69) is 251 Å². The van der Waals surface area contributed by atoms with Crippen LogP contribution in [0.3, 0.4) is 0 Å². The van der Waals surface area contributed by atoms with Gasteiger partial charge in [0.15, 0.2) is 11.2 Å². The van der Waals surface area contributed by atoms with Crippen LogP contribution in [0.4, 0.5) is 34.1 Å². The van der Waals surface area contributed by atoms with Crippen molar-refractivity contribution in [2.24, 2.45) is 0 Å². The van der Waals surface area contributed by atoms with Crippen molar-refractivity contribution >= 4 is 138 Å². The standard InChI is InChI=1S/C68H41N3O2/c1-4-16-42(17-5-1)47-38-58-56-36-43-30-32-50(69(48-18-6-2-7-19-48)60-26-14-24-54-52-22-10-12-28-64(52)72-67(54)60)34-45(43)40-62(56)71-63-41-46-35-51(33-31-44(46)37-57(63)59(39-47)66(58)71)70(49-20-8-3-9-21-49)61-27-15-25-55-53-23-11-13-29-65(53)73-68(55)61/h1-41H. The van der Waals surface area contributed by atoms with Gasteiger partial charge in [0.2, 0.25) is 0 Å².